The Morgan fingerprint density at radius 1 is 1.22 bits per heavy atom. The van der Waals surface area contributed by atoms with Crippen molar-refractivity contribution in [3.63, 3.8) is 0 Å². The second kappa shape index (κ2) is 8.67. The van der Waals surface area contributed by atoms with E-state index in [4.69, 9.17) is 9.84 Å². The van der Waals surface area contributed by atoms with Gasteiger partial charge >= 0.3 is 5.97 Å². The molecule has 0 bridgehead atoms. The molecule has 0 radical (unpaired) electrons. The first-order valence-electron chi connectivity index (χ1n) is 7.84. The predicted octanol–water partition coefficient (Wildman–Crippen LogP) is 2.52. The van der Waals surface area contributed by atoms with Crippen LogP contribution in [-0.4, -0.2) is 36.7 Å². The number of carboxylic acid groups (broad SMARTS) is 1. The van der Waals surface area contributed by atoms with Crippen molar-refractivity contribution in [1.82, 2.24) is 5.32 Å². The molecule has 2 N–H and O–H groups in total. The number of methoxy groups -OCH3 is 1. The highest BCUT2D eigenvalue weighted by Crippen LogP contribution is 2.22. The van der Waals surface area contributed by atoms with Crippen LogP contribution in [0.15, 0.2) is 24.3 Å². The molecular weight excluding hydrogens is 294 g/mol. The molecule has 1 atom stereocenters. The quantitative estimate of drug-likeness (QED) is 0.771. The fraction of sp³-hybridized carbons (Fsp3) is 0.556. The zero-order chi connectivity index (χ0) is 17.5. The van der Waals surface area contributed by atoms with E-state index in [0.29, 0.717) is 13.0 Å². The van der Waals surface area contributed by atoms with Gasteiger partial charge in [-0.1, -0.05) is 45.0 Å². The van der Waals surface area contributed by atoms with Crippen LogP contribution in [0.5, 0.6) is 0 Å². The molecule has 0 spiro atoms. The molecule has 1 amide bonds. The molecule has 1 rings (SSSR count). The van der Waals surface area contributed by atoms with Crippen LogP contribution in [0.2, 0.25) is 0 Å². The largest absolute Gasteiger partial charge is 0.480 e. The minimum Gasteiger partial charge on any atom is -0.480 e. The van der Waals surface area contributed by atoms with E-state index in [-0.39, 0.29) is 24.2 Å². The van der Waals surface area contributed by atoms with Gasteiger partial charge in [0.1, 0.15) is 6.04 Å². The maximum atomic E-state index is 11.9. The summed E-state index contributed by atoms with van der Waals surface area (Å²) in [5.41, 5.74) is 2.42. The molecule has 0 aliphatic carbocycles. The van der Waals surface area contributed by atoms with Crippen molar-refractivity contribution in [2.24, 2.45) is 0 Å². The fourth-order valence-corrected chi connectivity index (χ4v) is 2.19. The van der Waals surface area contributed by atoms with Crippen LogP contribution >= 0.6 is 0 Å². The molecule has 5 nitrogen and oxygen atoms in total. The van der Waals surface area contributed by atoms with Crippen LogP contribution in [0.25, 0.3) is 0 Å². The molecule has 5 heteroatoms. The molecule has 0 saturated heterocycles. The van der Waals surface area contributed by atoms with Gasteiger partial charge in [0.15, 0.2) is 0 Å². The summed E-state index contributed by atoms with van der Waals surface area (Å²) in [6.45, 7) is 6.76. The Morgan fingerprint density at radius 3 is 2.30 bits per heavy atom. The first-order chi connectivity index (χ1) is 10.7. The highest BCUT2D eigenvalue weighted by Gasteiger charge is 2.19. The number of carbonyl (C=O) groups excluding carboxylic acids is 1. The number of carbonyl (C=O) groups is 2. The Labute approximate surface area is 138 Å². The summed E-state index contributed by atoms with van der Waals surface area (Å²) in [6, 6.07) is 7.30. The molecule has 23 heavy (non-hydrogen) atoms. The first kappa shape index (κ1) is 19.2. The van der Waals surface area contributed by atoms with Gasteiger partial charge in [-0.3, -0.25) is 4.79 Å². The van der Waals surface area contributed by atoms with E-state index >= 15 is 0 Å². The number of hydrogen-bond acceptors (Lipinski definition) is 3. The van der Waals surface area contributed by atoms with Crippen LogP contribution in [0.1, 0.15) is 44.7 Å². The van der Waals surface area contributed by atoms with Gasteiger partial charge in [-0.25, -0.2) is 4.79 Å². The minimum absolute atomic E-state index is 0.103. The van der Waals surface area contributed by atoms with E-state index in [9.17, 15) is 9.59 Å². The molecule has 0 aromatic heterocycles. The van der Waals surface area contributed by atoms with Crippen molar-refractivity contribution in [2.75, 3.05) is 13.7 Å². The van der Waals surface area contributed by atoms with E-state index in [1.165, 1.54) is 12.7 Å². The average Bonchev–Trinajstić information content (AvgIpc) is 2.48. The van der Waals surface area contributed by atoms with Gasteiger partial charge in [-0.15, -0.1) is 0 Å². The summed E-state index contributed by atoms with van der Waals surface area (Å²) >= 11 is 0. The van der Waals surface area contributed by atoms with E-state index in [0.717, 1.165) is 5.56 Å². The van der Waals surface area contributed by atoms with E-state index in [1.807, 2.05) is 12.1 Å². The number of hydrogen-bond donors (Lipinski definition) is 2. The SMILES string of the molecule is COCCC(NC(=O)CCc1ccc(C(C)(C)C)cc1)C(=O)O. The average molecular weight is 321 g/mol. The lowest BCUT2D eigenvalue weighted by molar-refractivity contribution is -0.142. The van der Waals surface area contributed by atoms with Gasteiger partial charge in [0, 0.05) is 26.6 Å². The third-order valence-corrected chi connectivity index (χ3v) is 3.70. The van der Waals surface area contributed by atoms with E-state index < -0.39 is 12.0 Å². The highest BCUT2D eigenvalue weighted by molar-refractivity contribution is 5.83. The summed E-state index contributed by atoms with van der Waals surface area (Å²) in [6.07, 6.45) is 1.12. The van der Waals surface area contributed by atoms with Crippen molar-refractivity contribution in [3.8, 4) is 0 Å². The number of amides is 1. The Balaban J connectivity index is 2.50. The predicted molar refractivity (Wildman–Crippen MR) is 89.5 cm³/mol. The Morgan fingerprint density at radius 2 is 1.83 bits per heavy atom. The molecular formula is C18H27NO4. The van der Waals surface area contributed by atoms with Crippen LogP contribution in [0, 0.1) is 0 Å². The Kier molecular flexibility index (Phi) is 7.23. The third-order valence-electron chi connectivity index (χ3n) is 3.70. The monoisotopic (exact) mass is 321 g/mol. The number of rotatable bonds is 8. The lowest BCUT2D eigenvalue weighted by Gasteiger charge is -2.19. The van der Waals surface area contributed by atoms with Crippen LogP contribution in [0.3, 0.4) is 0 Å². The molecule has 1 unspecified atom stereocenters. The number of aliphatic carboxylic acids is 1. The second-order valence-electron chi connectivity index (χ2n) is 6.69. The van der Waals surface area contributed by atoms with Gasteiger partial charge in [0.05, 0.1) is 0 Å². The summed E-state index contributed by atoms with van der Waals surface area (Å²) in [5.74, 6) is -1.29. The highest BCUT2D eigenvalue weighted by atomic mass is 16.5. The van der Waals surface area contributed by atoms with Crippen LogP contribution in [-0.2, 0) is 26.2 Å². The fourth-order valence-electron chi connectivity index (χ4n) is 2.19. The summed E-state index contributed by atoms with van der Waals surface area (Å²) in [5, 5.41) is 11.6. The molecule has 0 saturated carbocycles. The minimum atomic E-state index is -1.04. The zero-order valence-corrected chi connectivity index (χ0v) is 14.4. The summed E-state index contributed by atoms with van der Waals surface area (Å²) in [4.78, 5) is 23.0. The third kappa shape index (κ3) is 6.82. The van der Waals surface area contributed by atoms with Crippen LogP contribution < -0.4 is 5.32 Å². The van der Waals surface area contributed by atoms with Crippen molar-refractivity contribution in [1.29, 1.82) is 0 Å². The van der Waals surface area contributed by atoms with Crippen LogP contribution in [0.4, 0.5) is 0 Å². The lowest BCUT2D eigenvalue weighted by atomic mass is 9.86. The van der Waals surface area contributed by atoms with Gasteiger partial charge in [0.25, 0.3) is 0 Å². The molecule has 0 aliphatic rings. The van der Waals surface area contributed by atoms with Gasteiger partial charge in [-0.2, -0.15) is 0 Å². The van der Waals surface area contributed by atoms with Crippen molar-refractivity contribution in [2.45, 2.75) is 51.5 Å². The van der Waals surface area contributed by atoms with Crippen molar-refractivity contribution < 1.29 is 19.4 Å². The second-order valence-corrected chi connectivity index (χ2v) is 6.69. The number of carboxylic acids is 1. The van der Waals surface area contributed by atoms with Gasteiger partial charge in [0.2, 0.25) is 5.91 Å². The molecule has 1 aromatic carbocycles. The smallest absolute Gasteiger partial charge is 0.326 e. The standard InChI is InChI=1S/C18H27NO4/c1-18(2,3)14-8-5-13(6-9-14)7-10-16(20)19-15(17(21)22)11-12-23-4/h5-6,8-9,15H,7,10-12H2,1-4H3,(H,19,20)(H,21,22). The summed E-state index contributed by atoms with van der Waals surface area (Å²) in [7, 11) is 1.50. The Hall–Kier alpha value is -1.88. The molecule has 0 aliphatic heterocycles. The maximum absolute atomic E-state index is 11.9. The molecule has 128 valence electrons. The number of nitrogens with one attached hydrogen (secondary N) is 1. The molecule has 0 heterocycles. The Bertz CT molecular complexity index is 517. The van der Waals surface area contributed by atoms with Gasteiger partial charge in [-0.05, 0) is 23.0 Å². The van der Waals surface area contributed by atoms with E-state index in [2.05, 4.69) is 38.2 Å². The van der Waals surface area contributed by atoms with Crippen molar-refractivity contribution >= 4 is 11.9 Å². The summed E-state index contributed by atoms with van der Waals surface area (Å²) < 4.78 is 4.86. The zero-order valence-electron chi connectivity index (χ0n) is 14.4. The van der Waals surface area contributed by atoms with E-state index in [1.54, 1.807) is 0 Å². The normalized spacial score (nSPS) is 12.7. The van der Waals surface area contributed by atoms with Crippen molar-refractivity contribution in [3.05, 3.63) is 35.4 Å². The van der Waals surface area contributed by atoms with Gasteiger partial charge < -0.3 is 15.2 Å². The number of aryl methyl sites for hydroxylation is 1. The number of benzene rings is 1. The lowest BCUT2D eigenvalue weighted by Crippen LogP contribution is -2.41. The maximum Gasteiger partial charge on any atom is 0.326 e. The number of ether oxygens (including phenoxy) is 1. The molecule has 0 fully saturated rings. The molecule has 1 aromatic rings. The first-order valence-corrected chi connectivity index (χ1v) is 7.84. The topological polar surface area (TPSA) is 75.6 Å².